The molecule has 1 atom stereocenters. The minimum Gasteiger partial charge on any atom is -0.494 e. The largest absolute Gasteiger partial charge is 0.494 e. The summed E-state index contributed by atoms with van der Waals surface area (Å²) in [4.78, 5) is 53.9. The van der Waals surface area contributed by atoms with E-state index in [9.17, 15) is 19.2 Å². The smallest absolute Gasteiger partial charge is 0.330 e. The molecule has 4 aromatic carbocycles. The summed E-state index contributed by atoms with van der Waals surface area (Å²) in [5, 5.41) is 7.14. The zero-order valence-corrected chi connectivity index (χ0v) is 34.9. The van der Waals surface area contributed by atoms with Crippen LogP contribution in [0.25, 0.3) is 10.2 Å². The van der Waals surface area contributed by atoms with Crippen molar-refractivity contribution in [2.75, 3.05) is 31.4 Å². The van der Waals surface area contributed by atoms with Crippen molar-refractivity contribution >= 4 is 57.3 Å². The second kappa shape index (κ2) is 21.7. The molecule has 1 saturated carbocycles. The highest BCUT2D eigenvalue weighted by atomic mass is 32.1. The Kier molecular flexibility index (Phi) is 15.2. The molecule has 0 amide bonds. The van der Waals surface area contributed by atoms with Gasteiger partial charge in [0.05, 0.1) is 48.0 Å². The number of thiazole rings is 1. The SMILES string of the molecule is C=CC(=O)OCCCCCCOc1ccc(OC(=O)[C@H]2CC[C@H](C(=O)Oc3ccc(OC=O)cc3/C=N/N(CC3COc4ccccc4O3)c3nc4ccccc4s3)CC2)cc1. The van der Waals surface area contributed by atoms with Gasteiger partial charge < -0.3 is 33.2 Å². The van der Waals surface area contributed by atoms with Gasteiger partial charge in [0.15, 0.2) is 17.6 Å². The zero-order valence-electron chi connectivity index (χ0n) is 34.1. The molecule has 0 saturated heterocycles. The van der Waals surface area contributed by atoms with Crippen LogP contribution in [0.1, 0.15) is 56.9 Å². The van der Waals surface area contributed by atoms with Gasteiger partial charge in [-0.25, -0.2) is 14.8 Å². The first-order valence-corrected chi connectivity index (χ1v) is 21.4. The fourth-order valence-corrected chi connectivity index (χ4v) is 7.94. The topological polar surface area (TPSA) is 161 Å². The number of rotatable bonds is 20. The van der Waals surface area contributed by atoms with Crippen LogP contribution in [0.5, 0.6) is 34.5 Å². The number of hydrogen-bond acceptors (Lipinski definition) is 15. The molecule has 1 aliphatic carbocycles. The molecule has 15 heteroatoms. The first-order chi connectivity index (χ1) is 30.3. The average Bonchev–Trinajstić information content (AvgIpc) is 3.74. The molecule has 322 valence electrons. The third-order valence-corrected chi connectivity index (χ3v) is 11.4. The quantitative estimate of drug-likeness (QED) is 0.0139. The predicted molar refractivity (Wildman–Crippen MR) is 232 cm³/mol. The van der Waals surface area contributed by atoms with Crippen LogP contribution in [0.15, 0.2) is 109 Å². The number of hydrazone groups is 1. The van der Waals surface area contributed by atoms with Crippen LogP contribution < -0.4 is 33.4 Å². The van der Waals surface area contributed by atoms with Crippen LogP contribution in [-0.2, 0) is 23.9 Å². The number of unbranched alkanes of at least 4 members (excludes halogenated alkanes) is 3. The number of carbonyl (C=O) groups is 4. The number of para-hydroxylation sites is 3. The fraction of sp³-hybridized carbons (Fsp3) is 0.319. The molecule has 14 nitrogen and oxygen atoms in total. The van der Waals surface area contributed by atoms with Crippen LogP contribution in [0, 0.1) is 11.8 Å². The number of hydrogen-bond donors (Lipinski definition) is 0. The van der Waals surface area contributed by atoms with Gasteiger partial charge in [-0.15, -0.1) is 0 Å². The van der Waals surface area contributed by atoms with Gasteiger partial charge in [-0.3, -0.25) is 14.4 Å². The monoisotopic (exact) mass is 861 g/mol. The highest BCUT2D eigenvalue weighted by Gasteiger charge is 2.33. The Morgan fingerprint density at radius 3 is 2.23 bits per heavy atom. The molecule has 1 aliphatic heterocycles. The Morgan fingerprint density at radius 1 is 0.806 bits per heavy atom. The van der Waals surface area contributed by atoms with Crippen molar-refractivity contribution in [1.82, 2.24) is 4.98 Å². The second-order valence-electron chi connectivity index (χ2n) is 14.7. The van der Waals surface area contributed by atoms with Crippen LogP contribution in [0.4, 0.5) is 5.13 Å². The lowest BCUT2D eigenvalue weighted by molar-refractivity contribution is -0.145. The molecular weight excluding hydrogens is 815 g/mol. The summed E-state index contributed by atoms with van der Waals surface area (Å²) in [6.45, 7) is 5.21. The van der Waals surface area contributed by atoms with E-state index in [1.165, 1.54) is 23.6 Å². The van der Waals surface area contributed by atoms with Crippen molar-refractivity contribution in [3.63, 3.8) is 0 Å². The van der Waals surface area contributed by atoms with Gasteiger partial charge in [0, 0.05) is 11.6 Å². The van der Waals surface area contributed by atoms with Gasteiger partial charge in [0.2, 0.25) is 5.13 Å². The molecule has 0 spiro atoms. The summed E-state index contributed by atoms with van der Waals surface area (Å²) in [7, 11) is 0. The van der Waals surface area contributed by atoms with Gasteiger partial charge in [-0.05, 0) is 118 Å². The minimum atomic E-state index is -0.438. The van der Waals surface area contributed by atoms with Crippen molar-refractivity contribution in [2.45, 2.75) is 57.5 Å². The Morgan fingerprint density at radius 2 is 1.48 bits per heavy atom. The van der Waals surface area contributed by atoms with E-state index in [4.69, 9.17) is 43.2 Å². The first-order valence-electron chi connectivity index (χ1n) is 20.6. The molecule has 1 aromatic heterocycles. The van der Waals surface area contributed by atoms with Gasteiger partial charge in [-0.2, -0.15) is 5.10 Å². The Balaban J connectivity index is 0.928. The normalized spacial score (nSPS) is 16.9. The van der Waals surface area contributed by atoms with Crippen molar-refractivity contribution in [3.05, 3.63) is 109 Å². The van der Waals surface area contributed by atoms with E-state index in [0.29, 0.717) is 85.7 Å². The fourth-order valence-electron chi connectivity index (χ4n) is 7.01. The molecule has 7 rings (SSSR count). The van der Waals surface area contributed by atoms with Gasteiger partial charge in [0.25, 0.3) is 6.47 Å². The highest BCUT2D eigenvalue weighted by Crippen LogP contribution is 2.35. The average molecular weight is 862 g/mol. The Bertz CT molecular complexity index is 2320. The van der Waals surface area contributed by atoms with Gasteiger partial charge in [0.1, 0.15) is 29.6 Å². The summed E-state index contributed by atoms with van der Waals surface area (Å²) in [6, 6.07) is 26.8. The number of ether oxygens (including phenoxy) is 7. The number of anilines is 1. The van der Waals surface area contributed by atoms with Crippen molar-refractivity contribution < 1.29 is 52.3 Å². The third-order valence-electron chi connectivity index (χ3n) is 10.3. The van der Waals surface area contributed by atoms with Crippen LogP contribution in [0.3, 0.4) is 0 Å². The molecule has 0 bridgehead atoms. The summed E-state index contributed by atoms with van der Waals surface area (Å²) in [6.07, 6.45) is 7.63. The standard InChI is InChI=1S/C47H47N3O11S/c1-2-44(52)56-26-10-4-3-9-25-55-35-19-21-36(22-20-35)60-45(53)32-15-17-33(18-16-32)46(54)61-40-24-23-37(58-31-51)27-34(40)28-48-50(47-49-39-11-5-8-14-43(39)62-47)29-38-30-57-41-12-6-7-13-42(41)59-38/h2,5-8,11-14,19-24,27-28,31-33,38H,1,3-4,9-10,15-18,25-26,29-30H2/b48-28+/t32-,33-,38?. The minimum absolute atomic E-state index is 0.227. The molecule has 5 aromatic rings. The van der Waals surface area contributed by atoms with Crippen LogP contribution >= 0.6 is 11.3 Å². The lowest BCUT2D eigenvalue weighted by Crippen LogP contribution is -2.39. The number of benzene rings is 4. The van der Waals surface area contributed by atoms with Crippen LogP contribution in [0.2, 0.25) is 0 Å². The summed E-state index contributed by atoms with van der Waals surface area (Å²) < 4.78 is 40.8. The van der Waals surface area contributed by atoms with E-state index in [1.807, 2.05) is 48.5 Å². The van der Waals surface area contributed by atoms with E-state index < -0.39 is 17.9 Å². The van der Waals surface area contributed by atoms with E-state index in [-0.39, 0.29) is 36.0 Å². The predicted octanol–water partition coefficient (Wildman–Crippen LogP) is 8.50. The molecule has 2 heterocycles. The van der Waals surface area contributed by atoms with E-state index in [0.717, 1.165) is 42.0 Å². The molecule has 2 aliphatic rings. The van der Waals surface area contributed by atoms with Crippen molar-refractivity contribution in [2.24, 2.45) is 16.9 Å². The second-order valence-corrected chi connectivity index (χ2v) is 15.7. The van der Waals surface area contributed by atoms with E-state index >= 15 is 0 Å². The summed E-state index contributed by atoms with van der Waals surface area (Å²) in [5.74, 6) is 0.867. The maximum atomic E-state index is 13.6. The van der Waals surface area contributed by atoms with Gasteiger partial charge in [-0.1, -0.05) is 42.2 Å². The molecule has 0 radical (unpaired) electrons. The number of aromatic nitrogens is 1. The third kappa shape index (κ3) is 12.0. The summed E-state index contributed by atoms with van der Waals surface area (Å²) >= 11 is 1.47. The Hall–Kier alpha value is -6.74. The highest BCUT2D eigenvalue weighted by molar-refractivity contribution is 7.22. The maximum absolute atomic E-state index is 13.6. The van der Waals surface area contributed by atoms with Crippen molar-refractivity contribution in [1.29, 1.82) is 0 Å². The lowest BCUT2D eigenvalue weighted by Gasteiger charge is -2.29. The van der Waals surface area contributed by atoms with Gasteiger partial charge >= 0.3 is 17.9 Å². The molecule has 1 fully saturated rings. The Labute approximate surface area is 363 Å². The summed E-state index contributed by atoms with van der Waals surface area (Å²) in [5.41, 5.74) is 1.21. The zero-order chi connectivity index (χ0) is 43.1. The maximum Gasteiger partial charge on any atom is 0.330 e. The first kappa shape index (κ1) is 43.4. The molecule has 62 heavy (non-hydrogen) atoms. The number of nitrogens with zero attached hydrogens (tertiary/aromatic N) is 3. The van der Waals surface area contributed by atoms with Crippen molar-refractivity contribution in [3.8, 4) is 34.5 Å². The number of esters is 3. The molecule has 1 unspecified atom stereocenters. The molecule has 0 N–H and O–H groups in total. The van der Waals surface area contributed by atoms with E-state index in [1.54, 1.807) is 41.4 Å². The number of carbonyl (C=O) groups excluding carboxylic acids is 4. The lowest BCUT2D eigenvalue weighted by atomic mass is 9.82. The molecular formula is C47H47N3O11S. The van der Waals surface area contributed by atoms with Crippen LogP contribution in [-0.4, -0.2) is 68.0 Å². The van der Waals surface area contributed by atoms with E-state index in [2.05, 4.69) is 6.58 Å². The number of fused-ring (bicyclic) bond motifs is 2.